The summed E-state index contributed by atoms with van der Waals surface area (Å²) in [5, 5.41) is 0. The maximum atomic E-state index is 2.44. The van der Waals surface area contributed by atoms with E-state index in [1.165, 1.54) is 287 Å². The van der Waals surface area contributed by atoms with E-state index < -0.39 is 0 Å². The van der Waals surface area contributed by atoms with Crippen LogP contribution in [0.15, 0.2) is 303 Å². The van der Waals surface area contributed by atoms with Gasteiger partial charge in [-0.05, 0) is 305 Å². The van der Waals surface area contributed by atoms with Crippen molar-refractivity contribution in [2.24, 2.45) is 0 Å². The van der Waals surface area contributed by atoms with Crippen LogP contribution >= 0.6 is 0 Å². The third-order valence-electron chi connectivity index (χ3n) is 23.6. The van der Waals surface area contributed by atoms with Gasteiger partial charge in [0.15, 0.2) is 0 Å². The van der Waals surface area contributed by atoms with Crippen LogP contribution in [0.3, 0.4) is 0 Å². The van der Waals surface area contributed by atoms with Crippen LogP contribution in [0.2, 0.25) is 0 Å². The summed E-state index contributed by atoms with van der Waals surface area (Å²) in [4.78, 5) is 0. The van der Waals surface area contributed by atoms with Crippen LogP contribution in [-0.2, 0) is 64.2 Å². The molecule has 0 amide bonds. The number of benzene rings is 15. The molecule has 0 spiro atoms. The van der Waals surface area contributed by atoms with E-state index in [2.05, 4.69) is 442 Å². The Hall–Kier alpha value is -11.7. The highest BCUT2D eigenvalue weighted by molar-refractivity contribution is 5.97. The molecular formula is C130H150. The fraction of sp³-hybridized carbons (Fsp3) is 0.308. The molecule has 0 saturated heterocycles. The first kappa shape index (κ1) is 98.9. The highest BCUT2D eigenvalue weighted by Crippen LogP contribution is 2.53. The van der Waals surface area contributed by atoms with Crippen molar-refractivity contribution in [3.63, 3.8) is 0 Å². The summed E-state index contributed by atoms with van der Waals surface area (Å²) in [6, 6.07) is 112. The Labute approximate surface area is 787 Å². The summed E-state index contributed by atoms with van der Waals surface area (Å²) in [6.07, 6.45) is 23.4. The lowest BCUT2D eigenvalue weighted by molar-refractivity contribution is 1.09. The van der Waals surface area contributed by atoms with Gasteiger partial charge in [-0.2, -0.15) is 0 Å². The molecule has 0 heterocycles. The second-order valence-electron chi connectivity index (χ2n) is 36.1. The maximum absolute atomic E-state index is 2.44. The van der Waals surface area contributed by atoms with Crippen molar-refractivity contribution in [2.45, 2.75) is 267 Å². The second kappa shape index (κ2) is 49.9. The molecule has 0 aromatic heterocycles. The zero-order valence-corrected chi connectivity index (χ0v) is 83.0. The van der Waals surface area contributed by atoms with Gasteiger partial charge in [0.25, 0.3) is 0 Å². The molecule has 0 nitrogen and oxygen atoms in total. The van der Waals surface area contributed by atoms with Gasteiger partial charge in [-0.1, -0.05) is 488 Å². The number of hydrogen-bond donors (Lipinski definition) is 0. The van der Waals surface area contributed by atoms with Crippen LogP contribution in [0.4, 0.5) is 0 Å². The summed E-state index contributed by atoms with van der Waals surface area (Å²) in [5.74, 6) is 0. The lowest BCUT2D eigenvalue weighted by Gasteiger charge is -2.10. The van der Waals surface area contributed by atoms with Gasteiger partial charge in [0.1, 0.15) is 0 Å². The second-order valence-corrected chi connectivity index (χ2v) is 36.1. The van der Waals surface area contributed by atoms with Gasteiger partial charge in [-0.3, -0.25) is 0 Å². The van der Waals surface area contributed by atoms with Gasteiger partial charge in [0.2, 0.25) is 0 Å². The van der Waals surface area contributed by atoms with Crippen molar-refractivity contribution >= 4 is 0 Å². The van der Waals surface area contributed by atoms with Crippen molar-refractivity contribution in [2.75, 3.05) is 0 Å². The van der Waals surface area contributed by atoms with Crippen molar-refractivity contribution < 1.29 is 0 Å². The van der Waals surface area contributed by atoms with Crippen molar-refractivity contribution in [3.05, 3.63) is 415 Å². The first-order valence-electron chi connectivity index (χ1n) is 50.3. The van der Waals surface area contributed by atoms with Gasteiger partial charge >= 0.3 is 0 Å². The average molecular weight is 1710 g/mol. The van der Waals surface area contributed by atoms with Gasteiger partial charge in [0, 0.05) is 0 Å². The van der Waals surface area contributed by atoms with Gasteiger partial charge in [-0.15, -0.1) is 0 Å². The first-order chi connectivity index (χ1) is 63.7. The fourth-order valence-corrected chi connectivity index (χ4v) is 19.1. The van der Waals surface area contributed by atoms with E-state index in [0.29, 0.717) is 0 Å². The monoisotopic (exact) mass is 1710 g/mol. The Morgan fingerprint density at radius 1 is 0.115 bits per heavy atom. The minimum atomic E-state index is 1.08. The highest BCUT2D eigenvalue weighted by atomic mass is 14.4. The molecule has 0 saturated carbocycles. The molecule has 0 heteroatoms. The molecule has 15 aromatic rings. The lowest BCUT2D eigenvalue weighted by Crippen LogP contribution is -1.88. The number of fused-ring (bicyclic) bond motifs is 33. The zero-order chi connectivity index (χ0) is 92.6. The summed E-state index contributed by atoms with van der Waals surface area (Å²) in [6.45, 7) is 42.5. The lowest BCUT2D eigenvalue weighted by atomic mass is 9.94. The molecule has 0 aliphatic heterocycles. The quantitative estimate of drug-likeness (QED) is 0.142. The van der Waals surface area contributed by atoms with Gasteiger partial charge < -0.3 is 0 Å². The molecule has 10 aliphatic carbocycles. The Balaban J connectivity index is 0.000000146. The molecule has 0 atom stereocenters. The number of rotatable bonds is 0. The predicted octanol–water partition coefficient (Wildman–Crippen LogP) is 38.3. The van der Waals surface area contributed by atoms with Crippen LogP contribution in [0.5, 0.6) is 0 Å². The normalized spacial score (nSPS) is 11.8. The number of hydrogen-bond acceptors (Lipinski definition) is 0. The zero-order valence-electron chi connectivity index (χ0n) is 83.0. The molecular weight excluding hydrogens is 1560 g/mol. The van der Waals surface area contributed by atoms with Crippen LogP contribution < -0.4 is 0 Å². The highest BCUT2D eigenvalue weighted by Gasteiger charge is 2.33. The summed E-state index contributed by atoms with van der Waals surface area (Å²) >= 11 is 0. The standard InChI is InChI=1S/5C20H14.10C3H8/c2*1-3-7-16-14(6-1)12-19-18(16)10-9-15-11-13-5-2-4-8-17(13)20(15)19;1-3-7-17-13(5-1)9-15-11-20-16(12-19(15)17)10-14-6-2-4-8-18(14)20;1-3-7-17-13(5-1)9-15-11-16-10-14-6-2-4-8-18(14)20(16)12-19(15)17;1-3-7-17-13(5-1)11-15-9-10-16-12-14-6-2-4-8-18(14)20(16)19(15)17;10*1-3-2/h2*1-10H,11-12H2;2*1-8,11-12H,9-10H2;1-10H,11-12H2;10*3H2,1-2H3. The SMILES string of the molecule is CCC.CCC.CCC.CCC.CCC.CCC.CCC.CCC.CCC.CCC.c1ccc2c(c1)Cc1c-2ccc2c1-c1ccccc1C2.c1ccc2c(c1)Cc1c-2ccc2c1-c1ccccc1C2.c1ccc2c(c1)Cc1cc3c(cc1-2)-c1ccccc1C3.c1ccc2c(c1)Cc1cc3c(cc1-2)Cc1ccccc1-3.c1ccc2c(c1)Cc1ccc3c(c1-2)-c1ccccc1C3. The van der Waals surface area contributed by atoms with Crippen LogP contribution in [0.25, 0.3) is 111 Å². The molecule has 15 aromatic carbocycles. The molecule has 130 heavy (non-hydrogen) atoms. The van der Waals surface area contributed by atoms with E-state index in [1.54, 1.807) is 0 Å². The summed E-state index contributed by atoms with van der Waals surface area (Å²) in [7, 11) is 0. The minimum Gasteiger partial charge on any atom is -0.0656 e. The van der Waals surface area contributed by atoms with E-state index >= 15 is 0 Å². The minimum absolute atomic E-state index is 1.08. The van der Waals surface area contributed by atoms with Gasteiger partial charge in [-0.25, -0.2) is 0 Å². The van der Waals surface area contributed by atoms with Crippen LogP contribution in [-0.4, -0.2) is 0 Å². The smallest absolute Gasteiger partial charge is 0.000718 e. The molecule has 670 valence electrons. The Bertz CT molecular complexity index is 5770. The van der Waals surface area contributed by atoms with Crippen molar-refractivity contribution in [1.82, 2.24) is 0 Å². The molecule has 25 rings (SSSR count). The summed E-state index contributed by atoms with van der Waals surface area (Å²) < 4.78 is 0. The molecule has 10 aliphatic rings. The maximum Gasteiger partial charge on any atom is -0.000718 e. The van der Waals surface area contributed by atoms with Crippen molar-refractivity contribution in [1.29, 1.82) is 0 Å². The van der Waals surface area contributed by atoms with Gasteiger partial charge in [0.05, 0.1) is 0 Å². The third kappa shape index (κ3) is 22.6. The molecule has 0 fully saturated rings. The predicted molar refractivity (Wildman–Crippen MR) is 574 cm³/mol. The Morgan fingerprint density at radius 2 is 0.269 bits per heavy atom. The largest absolute Gasteiger partial charge is 0.0656 e. The molecule has 0 unspecified atom stereocenters. The van der Waals surface area contributed by atoms with E-state index in [0.717, 1.165) is 64.2 Å². The molecule has 0 N–H and O–H groups in total. The van der Waals surface area contributed by atoms with E-state index in [1.807, 2.05) is 0 Å². The summed E-state index contributed by atoms with van der Waals surface area (Å²) in [5.41, 5.74) is 58.8. The Morgan fingerprint density at radius 3 is 0.508 bits per heavy atom. The topological polar surface area (TPSA) is 0 Å². The van der Waals surface area contributed by atoms with Crippen LogP contribution in [0.1, 0.15) is 314 Å². The molecule has 0 radical (unpaired) electrons. The third-order valence-corrected chi connectivity index (χ3v) is 23.6. The van der Waals surface area contributed by atoms with E-state index in [-0.39, 0.29) is 0 Å². The molecule has 0 bridgehead atoms. The Kier molecular flexibility index (Phi) is 38.0. The van der Waals surface area contributed by atoms with Crippen molar-refractivity contribution in [3.8, 4) is 111 Å². The first-order valence-corrected chi connectivity index (χ1v) is 50.3. The van der Waals surface area contributed by atoms with Crippen LogP contribution in [0, 0.1) is 0 Å². The van der Waals surface area contributed by atoms with E-state index in [4.69, 9.17) is 0 Å². The fourth-order valence-electron chi connectivity index (χ4n) is 19.1. The average Bonchev–Trinajstić information content (AvgIpc) is 1.55. The van der Waals surface area contributed by atoms with E-state index in [9.17, 15) is 0 Å².